The molecular formula is C17H18N2O3. The maximum absolute atomic E-state index is 12.4. The van der Waals surface area contributed by atoms with Gasteiger partial charge in [-0.3, -0.25) is 4.79 Å². The minimum Gasteiger partial charge on any atom is -0.497 e. The first kappa shape index (κ1) is 13.4. The predicted octanol–water partition coefficient (Wildman–Crippen LogP) is 2.66. The van der Waals surface area contributed by atoms with Crippen LogP contribution in [0, 0.1) is 0 Å². The van der Waals surface area contributed by atoms with Crippen molar-refractivity contribution in [1.82, 2.24) is 10.5 Å². The number of methoxy groups -OCH3 is 1. The number of carbonyl (C=O) groups is 1. The SMILES string of the molecule is COc1cccc(-c2cc(C3(C(=O)NC4CC4)CC3)no2)c1. The smallest absolute Gasteiger partial charge is 0.232 e. The summed E-state index contributed by atoms with van der Waals surface area (Å²) < 4.78 is 10.7. The van der Waals surface area contributed by atoms with E-state index in [0.29, 0.717) is 11.8 Å². The molecule has 1 N–H and O–H groups in total. The van der Waals surface area contributed by atoms with Crippen LogP contribution in [0.3, 0.4) is 0 Å². The summed E-state index contributed by atoms with van der Waals surface area (Å²) >= 11 is 0. The molecule has 2 aromatic rings. The van der Waals surface area contributed by atoms with Crippen molar-refractivity contribution >= 4 is 5.91 Å². The Bertz CT molecular complexity index is 714. The van der Waals surface area contributed by atoms with Crippen molar-refractivity contribution in [3.63, 3.8) is 0 Å². The molecule has 5 heteroatoms. The van der Waals surface area contributed by atoms with Gasteiger partial charge in [0.05, 0.1) is 18.2 Å². The normalized spacial score (nSPS) is 18.8. The first-order valence-electron chi connectivity index (χ1n) is 7.64. The van der Waals surface area contributed by atoms with E-state index in [4.69, 9.17) is 9.26 Å². The summed E-state index contributed by atoms with van der Waals surface area (Å²) in [7, 11) is 1.63. The molecule has 2 fully saturated rings. The van der Waals surface area contributed by atoms with Crippen LogP contribution in [0.15, 0.2) is 34.9 Å². The summed E-state index contributed by atoms with van der Waals surface area (Å²) in [6.07, 6.45) is 3.87. The summed E-state index contributed by atoms with van der Waals surface area (Å²) in [5.41, 5.74) is 1.17. The summed E-state index contributed by atoms with van der Waals surface area (Å²) in [4.78, 5) is 12.4. The van der Waals surface area contributed by atoms with E-state index in [-0.39, 0.29) is 5.91 Å². The number of amides is 1. The van der Waals surface area contributed by atoms with Crippen LogP contribution in [0.5, 0.6) is 5.75 Å². The van der Waals surface area contributed by atoms with Crippen LogP contribution in [0.4, 0.5) is 0 Å². The van der Waals surface area contributed by atoms with Gasteiger partial charge < -0.3 is 14.6 Å². The fourth-order valence-corrected chi connectivity index (χ4v) is 2.69. The minimum atomic E-state index is -0.469. The Morgan fingerprint density at radius 3 is 2.86 bits per heavy atom. The zero-order chi connectivity index (χ0) is 15.2. The highest BCUT2D eigenvalue weighted by Gasteiger charge is 2.54. The molecule has 22 heavy (non-hydrogen) atoms. The maximum atomic E-state index is 12.4. The molecule has 2 aliphatic carbocycles. The second-order valence-corrected chi connectivity index (χ2v) is 6.14. The fraction of sp³-hybridized carbons (Fsp3) is 0.412. The highest BCUT2D eigenvalue weighted by molar-refractivity contribution is 5.91. The lowest BCUT2D eigenvalue weighted by molar-refractivity contribution is -0.123. The van der Waals surface area contributed by atoms with E-state index in [0.717, 1.165) is 42.7 Å². The van der Waals surface area contributed by atoms with Gasteiger partial charge in [0, 0.05) is 17.7 Å². The molecule has 1 heterocycles. The third-order valence-electron chi connectivity index (χ3n) is 4.45. The van der Waals surface area contributed by atoms with Crippen molar-refractivity contribution < 1.29 is 14.1 Å². The molecule has 0 bridgehead atoms. The quantitative estimate of drug-likeness (QED) is 0.921. The molecule has 2 aliphatic rings. The van der Waals surface area contributed by atoms with Crippen LogP contribution in [0.2, 0.25) is 0 Å². The molecule has 1 aromatic heterocycles. The standard InChI is InChI=1S/C17H18N2O3/c1-21-13-4-2-3-11(9-13)14-10-15(19-22-14)17(7-8-17)16(20)18-12-5-6-12/h2-4,9-10,12H,5-8H2,1H3,(H,18,20). The Balaban J connectivity index is 1.59. The van der Waals surface area contributed by atoms with Gasteiger partial charge in [-0.05, 0) is 37.8 Å². The van der Waals surface area contributed by atoms with Crippen LogP contribution < -0.4 is 10.1 Å². The number of ether oxygens (including phenoxy) is 1. The lowest BCUT2D eigenvalue weighted by atomic mass is 10.0. The number of carbonyl (C=O) groups excluding carboxylic acids is 1. The van der Waals surface area contributed by atoms with E-state index in [9.17, 15) is 4.79 Å². The highest BCUT2D eigenvalue weighted by Crippen LogP contribution is 2.49. The second-order valence-electron chi connectivity index (χ2n) is 6.14. The lowest BCUT2D eigenvalue weighted by Crippen LogP contribution is -2.36. The number of aromatic nitrogens is 1. The van der Waals surface area contributed by atoms with Crippen molar-refractivity contribution in [3.8, 4) is 17.1 Å². The summed E-state index contributed by atoms with van der Waals surface area (Å²) in [5, 5.41) is 7.24. The highest BCUT2D eigenvalue weighted by atomic mass is 16.5. The molecule has 1 amide bonds. The maximum Gasteiger partial charge on any atom is 0.232 e. The first-order valence-corrected chi connectivity index (χ1v) is 7.64. The van der Waals surface area contributed by atoms with Crippen molar-refractivity contribution in [1.29, 1.82) is 0 Å². The van der Waals surface area contributed by atoms with Crippen molar-refractivity contribution in [2.24, 2.45) is 0 Å². The minimum absolute atomic E-state index is 0.0977. The Kier molecular flexibility index (Phi) is 2.96. The summed E-state index contributed by atoms with van der Waals surface area (Å²) in [6.45, 7) is 0. The number of benzene rings is 1. The van der Waals surface area contributed by atoms with Crippen molar-refractivity contribution in [3.05, 3.63) is 36.0 Å². The number of hydrogen-bond acceptors (Lipinski definition) is 4. The number of nitrogens with zero attached hydrogens (tertiary/aromatic N) is 1. The van der Waals surface area contributed by atoms with Crippen molar-refractivity contribution in [2.75, 3.05) is 7.11 Å². The van der Waals surface area contributed by atoms with Gasteiger partial charge in [-0.2, -0.15) is 0 Å². The molecule has 1 aromatic carbocycles. The van der Waals surface area contributed by atoms with Crippen LogP contribution in [0.25, 0.3) is 11.3 Å². The summed E-state index contributed by atoms with van der Waals surface area (Å²) in [5.74, 6) is 1.53. The van der Waals surface area contributed by atoms with Crippen LogP contribution >= 0.6 is 0 Å². The third kappa shape index (κ3) is 2.26. The molecule has 0 radical (unpaired) electrons. The van der Waals surface area contributed by atoms with E-state index in [2.05, 4.69) is 10.5 Å². The van der Waals surface area contributed by atoms with Gasteiger partial charge in [0.25, 0.3) is 0 Å². The number of hydrogen-bond donors (Lipinski definition) is 1. The Morgan fingerprint density at radius 1 is 1.36 bits per heavy atom. The molecule has 2 saturated carbocycles. The van der Waals surface area contributed by atoms with Gasteiger partial charge in [0.2, 0.25) is 5.91 Å². The monoisotopic (exact) mass is 298 g/mol. The van der Waals surface area contributed by atoms with Crippen LogP contribution in [-0.2, 0) is 10.2 Å². The van der Waals surface area contributed by atoms with Gasteiger partial charge in [-0.15, -0.1) is 0 Å². The molecule has 0 saturated heterocycles. The summed E-state index contributed by atoms with van der Waals surface area (Å²) in [6, 6.07) is 9.88. The number of rotatable bonds is 5. The van der Waals surface area contributed by atoms with E-state index in [1.54, 1.807) is 7.11 Å². The molecular weight excluding hydrogens is 280 g/mol. The van der Waals surface area contributed by atoms with Crippen LogP contribution in [-0.4, -0.2) is 24.2 Å². The van der Waals surface area contributed by atoms with E-state index < -0.39 is 5.41 Å². The zero-order valence-electron chi connectivity index (χ0n) is 12.5. The Hall–Kier alpha value is -2.30. The molecule has 0 atom stereocenters. The van der Waals surface area contributed by atoms with Crippen molar-refractivity contribution in [2.45, 2.75) is 37.1 Å². The molecule has 0 spiro atoms. The van der Waals surface area contributed by atoms with Gasteiger partial charge in [0.15, 0.2) is 5.76 Å². The molecule has 0 aliphatic heterocycles. The average molecular weight is 298 g/mol. The molecule has 114 valence electrons. The predicted molar refractivity (Wildman–Crippen MR) is 80.6 cm³/mol. The van der Waals surface area contributed by atoms with E-state index in [1.165, 1.54) is 0 Å². The van der Waals surface area contributed by atoms with Gasteiger partial charge in [0.1, 0.15) is 5.75 Å². The first-order chi connectivity index (χ1) is 10.7. The van der Waals surface area contributed by atoms with E-state index in [1.807, 2.05) is 30.3 Å². The topological polar surface area (TPSA) is 64.4 Å². The lowest BCUT2D eigenvalue weighted by Gasteiger charge is -2.11. The van der Waals surface area contributed by atoms with E-state index >= 15 is 0 Å². The molecule has 0 unspecified atom stereocenters. The fourth-order valence-electron chi connectivity index (χ4n) is 2.69. The van der Waals surface area contributed by atoms with Gasteiger partial charge >= 0.3 is 0 Å². The largest absolute Gasteiger partial charge is 0.497 e. The Morgan fingerprint density at radius 2 is 2.18 bits per heavy atom. The van der Waals surface area contributed by atoms with Gasteiger partial charge in [-0.1, -0.05) is 17.3 Å². The van der Waals surface area contributed by atoms with Gasteiger partial charge in [-0.25, -0.2) is 0 Å². The second kappa shape index (κ2) is 4.87. The zero-order valence-corrected chi connectivity index (χ0v) is 12.5. The third-order valence-corrected chi connectivity index (χ3v) is 4.45. The Labute approximate surface area is 128 Å². The average Bonchev–Trinajstić information content (AvgIpc) is 3.47. The molecule has 4 rings (SSSR count). The number of nitrogens with one attached hydrogen (secondary N) is 1. The van der Waals surface area contributed by atoms with Crippen LogP contribution in [0.1, 0.15) is 31.4 Å². The molecule has 5 nitrogen and oxygen atoms in total.